The van der Waals surface area contributed by atoms with Crippen LogP contribution in [-0.4, -0.2) is 22.5 Å². The number of hydrogen-bond donors (Lipinski definition) is 1. The molecule has 146 valence electrons. The lowest BCUT2D eigenvalue weighted by atomic mass is 10.1. The molecule has 0 aliphatic carbocycles. The molecule has 1 fully saturated rings. The first-order valence-corrected chi connectivity index (χ1v) is 10.7. The highest BCUT2D eigenvalue weighted by molar-refractivity contribution is 7.13. The summed E-state index contributed by atoms with van der Waals surface area (Å²) in [5.74, 6) is 0.807. The van der Waals surface area contributed by atoms with Gasteiger partial charge in [-0.3, -0.25) is 9.69 Å². The number of nitrogens with one attached hydrogen (secondary N) is 1. The molecule has 6 heteroatoms. The third-order valence-corrected chi connectivity index (χ3v) is 6.04. The standard InChI is InChI=1S/C22H25N3O2S/c1-16(26)23-18-10-8-17(9-11-18)15-25-12-4-2-3-6-20(25)19-14-21(27-24-19)22-7-5-13-28-22/h5,7-11,13-14,20H,2-4,6,12,15H2,1H3,(H,23,26). The summed E-state index contributed by atoms with van der Waals surface area (Å²) in [7, 11) is 0. The van der Waals surface area contributed by atoms with E-state index in [4.69, 9.17) is 4.52 Å². The first kappa shape index (κ1) is 18.9. The van der Waals surface area contributed by atoms with Crippen molar-refractivity contribution in [2.24, 2.45) is 0 Å². The van der Waals surface area contributed by atoms with Gasteiger partial charge in [0.05, 0.1) is 10.9 Å². The second-order valence-electron chi connectivity index (χ2n) is 7.31. The Kier molecular flexibility index (Phi) is 5.88. The first-order chi connectivity index (χ1) is 13.7. The van der Waals surface area contributed by atoms with Crippen LogP contribution in [0.25, 0.3) is 10.6 Å². The highest BCUT2D eigenvalue weighted by Crippen LogP contribution is 2.34. The zero-order chi connectivity index (χ0) is 19.3. The van der Waals surface area contributed by atoms with Crippen LogP contribution in [0, 0.1) is 0 Å². The van der Waals surface area contributed by atoms with E-state index in [0.717, 1.165) is 41.5 Å². The van der Waals surface area contributed by atoms with Crippen LogP contribution >= 0.6 is 11.3 Å². The SMILES string of the molecule is CC(=O)Nc1ccc(CN2CCCCCC2c2cc(-c3cccs3)on2)cc1. The van der Waals surface area contributed by atoms with Crippen molar-refractivity contribution in [1.29, 1.82) is 0 Å². The number of rotatable bonds is 5. The van der Waals surface area contributed by atoms with Gasteiger partial charge < -0.3 is 9.84 Å². The second kappa shape index (κ2) is 8.71. The van der Waals surface area contributed by atoms with Crippen molar-refractivity contribution in [2.45, 2.75) is 45.2 Å². The monoisotopic (exact) mass is 395 g/mol. The normalized spacial score (nSPS) is 18.0. The predicted molar refractivity (Wildman–Crippen MR) is 112 cm³/mol. The maximum Gasteiger partial charge on any atom is 0.221 e. The van der Waals surface area contributed by atoms with E-state index < -0.39 is 0 Å². The largest absolute Gasteiger partial charge is 0.355 e. The maximum atomic E-state index is 11.2. The maximum absolute atomic E-state index is 11.2. The minimum absolute atomic E-state index is 0.0482. The van der Waals surface area contributed by atoms with Crippen LogP contribution in [0.4, 0.5) is 5.69 Å². The molecule has 1 N–H and O–H groups in total. The smallest absolute Gasteiger partial charge is 0.221 e. The fourth-order valence-corrected chi connectivity index (χ4v) is 4.48. The zero-order valence-corrected chi connectivity index (χ0v) is 16.9. The average molecular weight is 396 g/mol. The molecule has 1 amide bonds. The molecule has 1 atom stereocenters. The first-order valence-electron chi connectivity index (χ1n) is 9.80. The van der Waals surface area contributed by atoms with Crippen LogP contribution < -0.4 is 5.32 Å². The van der Waals surface area contributed by atoms with Crippen molar-refractivity contribution in [1.82, 2.24) is 10.1 Å². The Morgan fingerprint density at radius 1 is 1.25 bits per heavy atom. The van der Waals surface area contributed by atoms with E-state index in [-0.39, 0.29) is 11.9 Å². The van der Waals surface area contributed by atoms with Crippen LogP contribution in [0.1, 0.15) is 49.9 Å². The van der Waals surface area contributed by atoms with E-state index >= 15 is 0 Å². The number of nitrogens with zero attached hydrogens (tertiary/aromatic N) is 2. The summed E-state index contributed by atoms with van der Waals surface area (Å²) in [6.45, 7) is 3.45. The number of anilines is 1. The van der Waals surface area contributed by atoms with E-state index in [9.17, 15) is 4.79 Å². The summed E-state index contributed by atoms with van der Waals surface area (Å²) in [5.41, 5.74) is 3.10. The highest BCUT2D eigenvalue weighted by Gasteiger charge is 2.26. The quantitative estimate of drug-likeness (QED) is 0.621. The van der Waals surface area contributed by atoms with Crippen LogP contribution in [-0.2, 0) is 11.3 Å². The molecule has 1 saturated heterocycles. The zero-order valence-electron chi connectivity index (χ0n) is 16.1. The van der Waals surface area contributed by atoms with Crippen molar-refractivity contribution in [3.8, 4) is 10.6 Å². The molecule has 0 radical (unpaired) electrons. The molecule has 3 heterocycles. The van der Waals surface area contributed by atoms with Crippen molar-refractivity contribution < 1.29 is 9.32 Å². The highest BCUT2D eigenvalue weighted by atomic mass is 32.1. The van der Waals surface area contributed by atoms with Gasteiger partial charge in [-0.1, -0.05) is 36.2 Å². The Hall–Kier alpha value is -2.44. The second-order valence-corrected chi connectivity index (χ2v) is 8.25. The molecule has 1 aromatic carbocycles. The lowest BCUT2D eigenvalue weighted by molar-refractivity contribution is -0.114. The predicted octanol–water partition coefficient (Wildman–Crippen LogP) is 5.48. The van der Waals surface area contributed by atoms with Gasteiger partial charge in [-0.05, 0) is 48.5 Å². The molecule has 4 rings (SSSR count). The van der Waals surface area contributed by atoms with E-state index in [1.54, 1.807) is 11.3 Å². The fourth-order valence-electron chi connectivity index (χ4n) is 3.80. The lowest BCUT2D eigenvalue weighted by Gasteiger charge is -2.28. The third-order valence-electron chi connectivity index (χ3n) is 5.16. The molecular formula is C22H25N3O2S. The number of amides is 1. The summed E-state index contributed by atoms with van der Waals surface area (Å²) >= 11 is 1.67. The Bertz CT molecular complexity index is 902. The summed E-state index contributed by atoms with van der Waals surface area (Å²) in [5, 5.41) is 9.30. The molecule has 1 aliphatic heterocycles. The molecule has 1 aliphatic rings. The van der Waals surface area contributed by atoms with Gasteiger partial charge in [0.2, 0.25) is 5.91 Å². The van der Waals surface area contributed by atoms with Gasteiger partial charge >= 0.3 is 0 Å². The van der Waals surface area contributed by atoms with E-state index in [1.807, 2.05) is 18.2 Å². The number of carbonyl (C=O) groups excluding carboxylic acids is 1. The summed E-state index contributed by atoms with van der Waals surface area (Å²) in [6.07, 6.45) is 4.77. The topological polar surface area (TPSA) is 58.4 Å². The Morgan fingerprint density at radius 3 is 2.86 bits per heavy atom. The Labute approximate surface area is 169 Å². The van der Waals surface area contributed by atoms with Gasteiger partial charge in [0.1, 0.15) is 5.69 Å². The molecule has 0 bridgehead atoms. The van der Waals surface area contributed by atoms with Crippen LogP contribution in [0.3, 0.4) is 0 Å². The van der Waals surface area contributed by atoms with Gasteiger partial charge in [-0.25, -0.2) is 0 Å². The minimum Gasteiger partial charge on any atom is -0.355 e. The Morgan fingerprint density at radius 2 is 2.11 bits per heavy atom. The van der Waals surface area contributed by atoms with E-state index in [2.05, 4.69) is 45.0 Å². The lowest BCUT2D eigenvalue weighted by Crippen LogP contribution is -2.28. The van der Waals surface area contributed by atoms with Crippen LogP contribution in [0.5, 0.6) is 0 Å². The van der Waals surface area contributed by atoms with E-state index in [1.165, 1.54) is 31.7 Å². The molecule has 28 heavy (non-hydrogen) atoms. The van der Waals surface area contributed by atoms with Crippen molar-refractivity contribution >= 4 is 22.9 Å². The van der Waals surface area contributed by atoms with Crippen molar-refractivity contribution in [3.63, 3.8) is 0 Å². The number of likely N-dealkylation sites (tertiary alicyclic amines) is 1. The summed E-state index contributed by atoms with van der Waals surface area (Å²) in [4.78, 5) is 14.8. The van der Waals surface area contributed by atoms with Gasteiger partial charge in [0.15, 0.2) is 5.76 Å². The number of carbonyl (C=O) groups is 1. The van der Waals surface area contributed by atoms with Crippen LogP contribution in [0.2, 0.25) is 0 Å². The molecule has 0 saturated carbocycles. The van der Waals surface area contributed by atoms with Crippen molar-refractivity contribution in [2.75, 3.05) is 11.9 Å². The van der Waals surface area contributed by atoms with Crippen molar-refractivity contribution in [3.05, 3.63) is 59.1 Å². The molecule has 2 aromatic heterocycles. The van der Waals surface area contributed by atoms with Gasteiger partial charge in [-0.15, -0.1) is 11.3 Å². The van der Waals surface area contributed by atoms with Gasteiger partial charge in [0, 0.05) is 25.2 Å². The third kappa shape index (κ3) is 4.51. The summed E-state index contributed by atoms with van der Waals surface area (Å²) < 4.78 is 5.65. The molecule has 0 spiro atoms. The summed E-state index contributed by atoms with van der Waals surface area (Å²) in [6, 6.07) is 14.6. The molecule has 3 aromatic rings. The minimum atomic E-state index is -0.0482. The molecular weight excluding hydrogens is 370 g/mol. The van der Waals surface area contributed by atoms with Crippen LogP contribution in [0.15, 0.2) is 52.4 Å². The number of hydrogen-bond acceptors (Lipinski definition) is 5. The fraction of sp³-hybridized carbons (Fsp3) is 0.364. The van der Waals surface area contributed by atoms with Gasteiger partial charge in [0.25, 0.3) is 0 Å². The number of aromatic nitrogens is 1. The average Bonchev–Trinajstić information content (AvgIpc) is 3.32. The number of benzene rings is 1. The number of thiophene rings is 1. The molecule has 1 unspecified atom stereocenters. The Balaban J connectivity index is 1.51. The molecule has 5 nitrogen and oxygen atoms in total. The van der Waals surface area contributed by atoms with Gasteiger partial charge in [-0.2, -0.15) is 0 Å². The van der Waals surface area contributed by atoms with E-state index in [0.29, 0.717) is 0 Å².